The van der Waals surface area contributed by atoms with Crippen molar-refractivity contribution >= 4 is 27.7 Å². The van der Waals surface area contributed by atoms with Gasteiger partial charge in [-0.1, -0.05) is 0 Å². The smallest absolute Gasteiger partial charge is 0.0910 e. The Balaban J connectivity index is 2.28. The van der Waals surface area contributed by atoms with Gasteiger partial charge in [-0.2, -0.15) is 16.9 Å². The Morgan fingerprint density at radius 3 is 3.00 bits per heavy atom. The number of ether oxygens (including phenoxy) is 1. The van der Waals surface area contributed by atoms with Crippen LogP contribution in [0.4, 0.5) is 0 Å². The van der Waals surface area contributed by atoms with Gasteiger partial charge in [0, 0.05) is 17.5 Å². The second-order valence-electron chi connectivity index (χ2n) is 4.54. The number of nitrogens with zero attached hydrogens (tertiary/aromatic N) is 2. The van der Waals surface area contributed by atoms with Crippen LogP contribution in [0.25, 0.3) is 0 Å². The van der Waals surface area contributed by atoms with Gasteiger partial charge in [-0.15, -0.1) is 0 Å². The van der Waals surface area contributed by atoms with Crippen LogP contribution >= 0.6 is 27.7 Å². The zero-order valence-corrected chi connectivity index (χ0v) is 13.0. The molecule has 0 aromatic carbocycles. The molecule has 0 aliphatic carbocycles. The number of nitrogens with one attached hydrogen (secondary N) is 1. The maximum Gasteiger partial charge on any atom is 0.0910 e. The first-order valence-corrected chi connectivity index (χ1v) is 7.98. The van der Waals surface area contributed by atoms with Crippen molar-refractivity contribution in [1.29, 1.82) is 0 Å². The highest BCUT2D eigenvalue weighted by molar-refractivity contribution is 9.10. The maximum atomic E-state index is 5.82. The van der Waals surface area contributed by atoms with Gasteiger partial charge < -0.3 is 4.74 Å². The molecular weight excluding hydrogens is 316 g/mol. The number of hydrogen-bond donors (Lipinski definition) is 2. The molecule has 1 aliphatic heterocycles. The summed E-state index contributed by atoms with van der Waals surface area (Å²) in [7, 11) is 0. The van der Waals surface area contributed by atoms with Crippen molar-refractivity contribution in [3.8, 4) is 0 Å². The first-order valence-electron chi connectivity index (χ1n) is 6.03. The van der Waals surface area contributed by atoms with Crippen LogP contribution in [-0.4, -0.2) is 34.0 Å². The van der Waals surface area contributed by atoms with E-state index in [1.165, 1.54) is 0 Å². The van der Waals surface area contributed by atoms with E-state index in [9.17, 15) is 0 Å². The average molecular weight is 335 g/mol. The molecule has 5 nitrogen and oxygen atoms in total. The molecule has 18 heavy (non-hydrogen) atoms. The van der Waals surface area contributed by atoms with E-state index in [0.29, 0.717) is 6.04 Å². The third kappa shape index (κ3) is 2.91. The van der Waals surface area contributed by atoms with Gasteiger partial charge in [0.2, 0.25) is 0 Å². The van der Waals surface area contributed by atoms with Crippen LogP contribution in [0, 0.1) is 0 Å². The highest BCUT2D eigenvalue weighted by Gasteiger charge is 2.30. The summed E-state index contributed by atoms with van der Waals surface area (Å²) in [4.78, 5) is 0. The first kappa shape index (κ1) is 14.3. The van der Waals surface area contributed by atoms with Crippen molar-refractivity contribution in [3.63, 3.8) is 0 Å². The quantitative estimate of drug-likeness (QED) is 0.650. The maximum absolute atomic E-state index is 5.82. The third-order valence-corrected chi connectivity index (χ3v) is 4.59. The minimum atomic E-state index is -0.0444. The van der Waals surface area contributed by atoms with Crippen molar-refractivity contribution in [2.24, 2.45) is 5.84 Å². The Kier molecular flexibility index (Phi) is 5.08. The van der Waals surface area contributed by atoms with Gasteiger partial charge in [0.05, 0.1) is 35.1 Å². The summed E-state index contributed by atoms with van der Waals surface area (Å²) in [6, 6.07) is 0.246. The summed E-state index contributed by atoms with van der Waals surface area (Å²) < 4.78 is 8.77. The van der Waals surface area contributed by atoms with Crippen LogP contribution in [0.15, 0.2) is 10.7 Å². The normalized spacial score (nSPS) is 22.4. The average Bonchev–Trinajstić information content (AvgIpc) is 2.74. The predicted octanol–water partition coefficient (Wildman–Crippen LogP) is 1.86. The minimum absolute atomic E-state index is 0.0444. The van der Waals surface area contributed by atoms with Crippen LogP contribution in [0.1, 0.15) is 31.6 Å². The molecule has 2 unspecified atom stereocenters. The first-order chi connectivity index (χ1) is 8.65. The Bertz CT molecular complexity index is 392. The largest absolute Gasteiger partial charge is 0.374 e. The van der Waals surface area contributed by atoms with Crippen molar-refractivity contribution in [2.75, 3.05) is 18.1 Å². The van der Waals surface area contributed by atoms with E-state index in [2.05, 4.69) is 40.3 Å². The van der Waals surface area contributed by atoms with Crippen molar-refractivity contribution in [2.45, 2.75) is 32.0 Å². The topological polar surface area (TPSA) is 65.1 Å². The number of nitrogens with two attached hydrogens (primary N) is 1. The fourth-order valence-corrected chi connectivity index (χ4v) is 3.54. The van der Waals surface area contributed by atoms with Gasteiger partial charge in [0.15, 0.2) is 0 Å². The lowest BCUT2D eigenvalue weighted by molar-refractivity contribution is 0.0439. The Morgan fingerprint density at radius 2 is 2.44 bits per heavy atom. The summed E-state index contributed by atoms with van der Waals surface area (Å²) in [6.45, 7) is 4.99. The molecule has 1 saturated heterocycles. The van der Waals surface area contributed by atoms with Crippen LogP contribution in [0.2, 0.25) is 0 Å². The molecule has 0 saturated carbocycles. The zero-order chi connectivity index (χ0) is 13.1. The van der Waals surface area contributed by atoms with E-state index in [1.54, 1.807) is 0 Å². The highest BCUT2D eigenvalue weighted by atomic mass is 79.9. The Morgan fingerprint density at radius 1 is 1.67 bits per heavy atom. The summed E-state index contributed by atoms with van der Waals surface area (Å²) in [6.07, 6.45) is 1.90. The monoisotopic (exact) mass is 334 g/mol. The van der Waals surface area contributed by atoms with E-state index in [1.807, 2.05) is 22.6 Å². The molecule has 1 aromatic heterocycles. The number of hydrazine groups is 1. The van der Waals surface area contributed by atoms with Gasteiger partial charge in [-0.25, -0.2) is 5.43 Å². The van der Waals surface area contributed by atoms with Crippen LogP contribution in [0.3, 0.4) is 0 Å². The zero-order valence-electron chi connectivity index (χ0n) is 10.6. The number of halogens is 1. The fraction of sp³-hybridized carbons (Fsp3) is 0.727. The summed E-state index contributed by atoms with van der Waals surface area (Å²) in [5.41, 5.74) is 3.94. The SMILES string of the molecule is CC(C)n1ncc(Br)c1C(NN)C1CSCCO1. The highest BCUT2D eigenvalue weighted by Crippen LogP contribution is 2.31. The molecule has 0 bridgehead atoms. The second-order valence-corrected chi connectivity index (χ2v) is 6.55. The van der Waals surface area contributed by atoms with Crippen LogP contribution < -0.4 is 11.3 Å². The third-order valence-electron chi connectivity index (χ3n) is 2.96. The molecule has 0 radical (unpaired) electrons. The molecule has 7 heteroatoms. The molecular formula is C11H19BrN4OS. The standard InChI is InChI=1S/C11H19BrN4OS/c1-7(2)16-11(8(12)5-14-16)10(15-13)9-6-18-4-3-17-9/h5,7,9-10,15H,3-4,6,13H2,1-2H3. The molecule has 2 rings (SSSR count). The molecule has 3 N–H and O–H groups in total. The van der Waals surface area contributed by atoms with Gasteiger partial charge in [0.25, 0.3) is 0 Å². The molecule has 0 amide bonds. The van der Waals surface area contributed by atoms with Crippen LogP contribution in [-0.2, 0) is 4.74 Å². The molecule has 2 heterocycles. The second kappa shape index (κ2) is 6.38. The summed E-state index contributed by atoms with van der Waals surface area (Å²) in [5, 5.41) is 4.39. The van der Waals surface area contributed by atoms with Crippen molar-refractivity contribution in [1.82, 2.24) is 15.2 Å². The van der Waals surface area contributed by atoms with E-state index in [0.717, 1.165) is 28.3 Å². The van der Waals surface area contributed by atoms with E-state index < -0.39 is 0 Å². The predicted molar refractivity (Wildman–Crippen MR) is 77.4 cm³/mol. The lowest BCUT2D eigenvalue weighted by Crippen LogP contribution is -2.42. The molecule has 1 fully saturated rings. The summed E-state index contributed by atoms with van der Waals surface area (Å²) >= 11 is 5.45. The minimum Gasteiger partial charge on any atom is -0.374 e. The van der Waals surface area contributed by atoms with Crippen LogP contribution in [0.5, 0.6) is 0 Å². The number of aromatic nitrogens is 2. The van der Waals surface area contributed by atoms with E-state index in [-0.39, 0.29) is 12.1 Å². The molecule has 1 aromatic rings. The van der Waals surface area contributed by atoms with Gasteiger partial charge in [-0.3, -0.25) is 10.5 Å². The van der Waals surface area contributed by atoms with Crippen molar-refractivity contribution in [3.05, 3.63) is 16.4 Å². The number of thioether (sulfide) groups is 1. The molecule has 2 atom stereocenters. The fourth-order valence-electron chi connectivity index (χ4n) is 2.11. The van der Waals surface area contributed by atoms with Crippen molar-refractivity contribution < 1.29 is 4.74 Å². The van der Waals surface area contributed by atoms with E-state index in [4.69, 9.17) is 10.6 Å². The molecule has 1 aliphatic rings. The molecule has 102 valence electrons. The molecule has 0 spiro atoms. The van der Waals surface area contributed by atoms with E-state index >= 15 is 0 Å². The lowest BCUT2D eigenvalue weighted by Gasteiger charge is -2.31. The Hall–Kier alpha value is -0.0800. The number of hydrogen-bond acceptors (Lipinski definition) is 5. The van der Waals surface area contributed by atoms with Gasteiger partial charge >= 0.3 is 0 Å². The van der Waals surface area contributed by atoms with Gasteiger partial charge in [0.1, 0.15) is 0 Å². The van der Waals surface area contributed by atoms with Gasteiger partial charge in [-0.05, 0) is 29.8 Å². The lowest BCUT2D eigenvalue weighted by atomic mass is 10.1. The Labute approximate surface area is 120 Å². The number of rotatable bonds is 4. The summed E-state index contributed by atoms with van der Waals surface area (Å²) in [5.74, 6) is 7.73.